The summed E-state index contributed by atoms with van der Waals surface area (Å²) in [5.74, 6) is 0.00246. The fourth-order valence-electron chi connectivity index (χ4n) is 1.46. The maximum absolute atomic E-state index is 11.1. The summed E-state index contributed by atoms with van der Waals surface area (Å²) in [6.07, 6.45) is 0. The van der Waals surface area contributed by atoms with Crippen LogP contribution in [0, 0.1) is 6.92 Å². The molecular weight excluding hydrogens is 266 g/mol. The number of aromatic nitrogens is 1. The van der Waals surface area contributed by atoms with Gasteiger partial charge in [-0.2, -0.15) is 0 Å². The first-order valence-corrected chi connectivity index (χ1v) is 5.85. The highest BCUT2D eigenvalue weighted by Gasteiger charge is 2.10. The van der Waals surface area contributed by atoms with Gasteiger partial charge in [-0.05, 0) is 36.8 Å². The van der Waals surface area contributed by atoms with Crippen molar-refractivity contribution in [3.63, 3.8) is 0 Å². The lowest BCUT2D eigenvalue weighted by atomic mass is 10.2. The molecule has 1 aromatic carbocycles. The van der Waals surface area contributed by atoms with Gasteiger partial charge < -0.3 is 16.2 Å². The van der Waals surface area contributed by atoms with E-state index in [1.807, 2.05) is 13.0 Å². The third-order valence-electron chi connectivity index (χ3n) is 2.50. The molecule has 1 heterocycles. The van der Waals surface area contributed by atoms with E-state index in [4.69, 9.17) is 27.8 Å². The number of carbonyl (C=O) groups is 1. The molecule has 1 amide bonds. The summed E-state index contributed by atoms with van der Waals surface area (Å²) in [5.41, 5.74) is 12.2. The Hall–Kier alpha value is -2.27. The van der Waals surface area contributed by atoms with E-state index in [2.05, 4.69) is 4.98 Å². The lowest BCUT2D eigenvalue weighted by Crippen LogP contribution is -2.13. The van der Waals surface area contributed by atoms with Crippen LogP contribution >= 0.6 is 11.6 Å². The molecule has 0 saturated heterocycles. The number of nitrogens with two attached hydrogens (primary N) is 2. The Bertz CT molecular complexity index is 644. The molecule has 0 atom stereocenters. The van der Waals surface area contributed by atoms with Crippen molar-refractivity contribution >= 4 is 23.2 Å². The zero-order valence-electron chi connectivity index (χ0n) is 10.2. The number of aryl methyl sites for hydroxylation is 1. The number of nitrogen functional groups attached to an aromatic ring is 1. The maximum Gasteiger partial charge on any atom is 0.267 e. The Kier molecular flexibility index (Phi) is 3.57. The molecule has 19 heavy (non-hydrogen) atoms. The van der Waals surface area contributed by atoms with Crippen molar-refractivity contribution < 1.29 is 9.53 Å². The maximum atomic E-state index is 11.1. The minimum Gasteiger partial charge on any atom is -0.437 e. The summed E-state index contributed by atoms with van der Waals surface area (Å²) >= 11 is 5.90. The predicted octanol–water partition coefficient (Wildman–Crippen LogP) is 2.52. The third-order valence-corrected chi connectivity index (χ3v) is 2.73. The number of pyridine rings is 1. The van der Waals surface area contributed by atoms with Crippen molar-refractivity contribution in [1.82, 2.24) is 4.98 Å². The number of carbonyl (C=O) groups excluding carboxylic acids is 1. The molecule has 5 nitrogen and oxygen atoms in total. The highest BCUT2D eigenvalue weighted by Crippen LogP contribution is 2.30. The minimum atomic E-state index is -0.646. The number of hydrogen-bond donors (Lipinski definition) is 2. The van der Waals surface area contributed by atoms with Crippen LogP contribution in [0.4, 0.5) is 5.69 Å². The first-order valence-electron chi connectivity index (χ1n) is 5.47. The number of benzene rings is 1. The first kappa shape index (κ1) is 13.2. The van der Waals surface area contributed by atoms with E-state index in [1.54, 1.807) is 12.1 Å². The number of primary amides is 1. The van der Waals surface area contributed by atoms with Crippen LogP contribution in [-0.4, -0.2) is 10.9 Å². The highest BCUT2D eigenvalue weighted by atomic mass is 35.5. The number of halogens is 1. The number of anilines is 1. The van der Waals surface area contributed by atoms with Crippen molar-refractivity contribution in [2.24, 2.45) is 5.73 Å². The molecule has 2 rings (SSSR count). The quantitative estimate of drug-likeness (QED) is 0.902. The van der Waals surface area contributed by atoms with Crippen LogP contribution in [0.5, 0.6) is 11.6 Å². The lowest BCUT2D eigenvalue weighted by Gasteiger charge is -2.10. The van der Waals surface area contributed by atoms with Crippen LogP contribution in [0.25, 0.3) is 0 Å². The molecule has 2 aromatic rings. The number of ether oxygens (including phenoxy) is 1. The topological polar surface area (TPSA) is 91.2 Å². The van der Waals surface area contributed by atoms with Gasteiger partial charge >= 0.3 is 0 Å². The molecule has 4 N–H and O–H groups in total. The summed E-state index contributed by atoms with van der Waals surface area (Å²) in [7, 11) is 0. The van der Waals surface area contributed by atoms with Gasteiger partial charge in [0.25, 0.3) is 5.91 Å². The molecule has 0 aliphatic carbocycles. The number of amides is 1. The predicted molar refractivity (Wildman–Crippen MR) is 73.4 cm³/mol. The SMILES string of the molecule is Cc1ccc(Cl)cc1Oc1nc(C(N)=O)ccc1N. The Morgan fingerprint density at radius 3 is 2.74 bits per heavy atom. The summed E-state index contributed by atoms with van der Waals surface area (Å²) in [5, 5.41) is 0.533. The second-order valence-corrected chi connectivity index (χ2v) is 4.40. The lowest BCUT2D eigenvalue weighted by molar-refractivity contribution is 0.0995. The molecule has 1 aromatic heterocycles. The van der Waals surface area contributed by atoms with Crippen LogP contribution in [0.1, 0.15) is 16.1 Å². The summed E-state index contributed by atoms with van der Waals surface area (Å²) in [4.78, 5) is 15.1. The van der Waals surface area contributed by atoms with E-state index >= 15 is 0 Å². The molecule has 0 aliphatic rings. The zero-order chi connectivity index (χ0) is 14.0. The monoisotopic (exact) mass is 277 g/mol. The van der Waals surface area contributed by atoms with Gasteiger partial charge in [0.1, 0.15) is 11.4 Å². The standard InChI is InChI=1S/C13H12ClN3O2/c1-7-2-3-8(14)6-11(7)19-13-9(15)4-5-10(17-13)12(16)18/h2-6H,15H2,1H3,(H2,16,18). The number of rotatable bonds is 3. The van der Waals surface area contributed by atoms with E-state index in [0.29, 0.717) is 16.5 Å². The van der Waals surface area contributed by atoms with Crippen LogP contribution in [0.15, 0.2) is 30.3 Å². The Morgan fingerprint density at radius 1 is 1.32 bits per heavy atom. The van der Waals surface area contributed by atoms with Gasteiger partial charge in [-0.3, -0.25) is 4.79 Å². The third kappa shape index (κ3) is 2.95. The fourth-order valence-corrected chi connectivity index (χ4v) is 1.62. The number of nitrogens with zero attached hydrogens (tertiary/aromatic N) is 1. The van der Waals surface area contributed by atoms with Crippen molar-refractivity contribution in [2.45, 2.75) is 6.92 Å². The van der Waals surface area contributed by atoms with E-state index in [9.17, 15) is 4.79 Å². The Morgan fingerprint density at radius 2 is 2.05 bits per heavy atom. The molecule has 0 bridgehead atoms. The van der Waals surface area contributed by atoms with Crippen molar-refractivity contribution in [2.75, 3.05) is 5.73 Å². The Labute approximate surface area is 115 Å². The second kappa shape index (κ2) is 5.16. The van der Waals surface area contributed by atoms with E-state index < -0.39 is 5.91 Å². The largest absolute Gasteiger partial charge is 0.437 e. The average molecular weight is 278 g/mol. The second-order valence-electron chi connectivity index (χ2n) is 3.97. The van der Waals surface area contributed by atoms with Crippen LogP contribution < -0.4 is 16.2 Å². The molecule has 0 radical (unpaired) electrons. The normalized spacial score (nSPS) is 10.2. The van der Waals surface area contributed by atoms with Crippen LogP contribution in [0.3, 0.4) is 0 Å². The van der Waals surface area contributed by atoms with Crippen molar-refractivity contribution in [3.05, 3.63) is 46.6 Å². The van der Waals surface area contributed by atoms with Gasteiger partial charge in [-0.25, -0.2) is 4.98 Å². The molecule has 98 valence electrons. The molecule has 0 unspecified atom stereocenters. The van der Waals surface area contributed by atoms with Gasteiger partial charge in [-0.1, -0.05) is 17.7 Å². The van der Waals surface area contributed by atoms with Gasteiger partial charge in [0.15, 0.2) is 0 Å². The van der Waals surface area contributed by atoms with Gasteiger partial charge in [0.05, 0.1) is 5.69 Å². The molecule has 0 spiro atoms. The zero-order valence-corrected chi connectivity index (χ0v) is 10.9. The minimum absolute atomic E-state index is 0.0869. The molecule has 0 aliphatic heterocycles. The number of hydrogen-bond acceptors (Lipinski definition) is 4. The van der Waals surface area contributed by atoms with Gasteiger partial charge in [0, 0.05) is 5.02 Å². The molecule has 0 fully saturated rings. The molecular formula is C13H12ClN3O2. The van der Waals surface area contributed by atoms with E-state index in [-0.39, 0.29) is 11.6 Å². The van der Waals surface area contributed by atoms with Crippen molar-refractivity contribution in [1.29, 1.82) is 0 Å². The summed E-state index contributed by atoms with van der Waals surface area (Å²) < 4.78 is 5.58. The summed E-state index contributed by atoms with van der Waals surface area (Å²) in [6.45, 7) is 1.86. The van der Waals surface area contributed by atoms with E-state index in [0.717, 1.165) is 5.56 Å². The van der Waals surface area contributed by atoms with E-state index in [1.165, 1.54) is 12.1 Å². The molecule has 0 saturated carbocycles. The smallest absolute Gasteiger partial charge is 0.267 e. The fraction of sp³-hybridized carbons (Fsp3) is 0.0769. The average Bonchev–Trinajstić information content (AvgIpc) is 2.36. The van der Waals surface area contributed by atoms with Crippen LogP contribution in [0.2, 0.25) is 5.02 Å². The first-order chi connectivity index (χ1) is 8.97. The van der Waals surface area contributed by atoms with Crippen LogP contribution in [-0.2, 0) is 0 Å². The summed E-state index contributed by atoms with van der Waals surface area (Å²) in [6, 6.07) is 8.17. The van der Waals surface area contributed by atoms with Crippen molar-refractivity contribution in [3.8, 4) is 11.6 Å². The molecule has 6 heteroatoms. The van der Waals surface area contributed by atoms with Gasteiger partial charge in [0.2, 0.25) is 5.88 Å². The Balaban J connectivity index is 2.40. The van der Waals surface area contributed by atoms with Gasteiger partial charge in [-0.15, -0.1) is 0 Å². The highest BCUT2D eigenvalue weighted by molar-refractivity contribution is 6.30.